The Hall–Kier alpha value is -2.18. The Balaban J connectivity index is 2.35. The van der Waals surface area contributed by atoms with Crippen molar-refractivity contribution in [1.29, 1.82) is 0 Å². The predicted octanol–water partition coefficient (Wildman–Crippen LogP) is 2.04. The largest absolute Gasteiger partial charge is 0.438 e. The van der Waals surface area contributed by atoms with Crippen molar-refractivity contribution < 1.29 is 9.84 Å². The lowest BCUT2D eigenvalue weighted by Gasteiger charge is -2.14. The molecule has 0 aliphatic rings. The first-order valence-corrected chi connectivity index (χ1v) is 6.97. The quantitative estimate of drug-likeness (QED) is 0.533. The van der Waals surface area contributed by atoms with Gasteiger partial charge in [0.05, 0.1) is 5.56 Å². The van der Waals surface area contributed by atoms with Gasteiger partial charge in [-0.05, 0) is 24.5 Å². The fourth-order valence-corrected chi connectivity index (χ4v) is 2.12. The average molecular weight is 288 g/mol. The summed E-state index contributed by atoms with van der Waals surface area (Å²) in [5.74, 6) is 7.24. The molecule has 0 atom stereocenters. The number of nitrogen functional groups attached to an aromatic ring is 1. The molecule has 0 amide bonds. The molecule has 0 saturated heterocycles. The van der Waals surface area contributed by atoms with Crippen molar-refractivity contribution in [3.8, 4) is 11.6 Å². The van der Waals surface area contributed by atoms with Crippen LogP contribution in [-0.2, 0) is 12.8 Å². The molecule has 4 N–H and O–H groups in total. The van der Waals surface area contributed by atoms with E-state index in [1.165, 1.54) is 6.33 Å². The van der Waals surface area contributed by atoms with Crippen molar-refractivity contribution in [2.75, 3.05) is 12.0 Å². The SMILES string of the molecule is CCCc1c(NN)ncnc1Oc1ccccc1CCO. The van der Waals surface area contributed by atoms with E-state index in [9.17, 15) is 0 Å². The number of aliphatic hydroxyl groups excluding tert-OH is 1. The van der Waals surface area contributed by atoms with E-state index in [1.807, 2.05) is 24.3 Å². The highest BCUT2D eigenvalue weighted by Gasteiger charge is 2.13. The topological polar surface area (TPSA) is 93.3 Å². The van der Waals surface area contributed by atoms with Crippen molar-refractivity contribution in [2.45, 2.75) is 26.2 Å². The second-order valence-electron chi connectivity index (χ2n) is 4.58. The molecular weight excluding hydrogens is 268 g/mol. The number of hydrogen-bond donors (Lipinski definition) is 3. The van der Waals surface area contributed by atoms with Crippen molar-refractivity contribution in [3.05, 3.63) is 41.7 Å². The summed E-state index contributed by atoms with van der Waals surface area (Å²) in [6, 6.07) is 7.59. The van der Waals surface area contributed by atoms with Crippen molar-refractivity contribution in [2.24, 2.45) is 5.84 Å². The van der Waals surface area contributed by atoms with E-state index < -0.39 is 0 Å². The number of ether oxygens (including phenoxy) is 1. The van der Waals surface area contributed by atoms with Crippen LogP contribution in [-0.4, -0.2) is 21.7 Å². The summed E-state index contributed by atoms with van der Waals surface area (Å²) in [7, 11) is 0. The first-order chi connectivity index (χ1) is 10.3. The molecule has 0 spiro atoms. The fourth-order valence-electron chi connectivity index (χ4n) is 2.12. The van der Waals surface area contributed by atoms with Crippen molar-refractivity contribution >= 4 is 5.82 Å². The number of aromatic nitrogens is 2. The van der Waals surface area contributed by atoms with Crippen LogP contribution in [0.15, 0.2) is 30.6 Å². The van der Waals surface area contributed by atoms with E-state index in [-0.39, 0.29) is 6.61 Å². The average Bonchev–Trinajstić information content (AvgIpc) is 2.51. The van der Waals surface area contributed by atoms with Gasteiger partial charge in [-0.15, -0.1) is 0 Å². The van der Waals surface area contributed by atoms with Crippen molar-refractivity contribution in [3.63, 3.8) is 0 Å². The van der Waals surface area contributed by atoms with Crippen LogP contribution in [0.5, 0.6) is 11.6 Å². The molecule has 112 valence electrons. The third-order valence-electron chi connectivity index (χ3n) is 3.10. The van der Waals surface area contributed by atoms with E-state index in [0.29, 0.717) is 23.9 Å². The van der Waals surface area contributed by atoms with Gasteiger partial charge in [-0.1, -0.05) is 31.5 Å². The van der Waals surface area contributed by atoms with Crippen LogP contribution < -0.4 is 16.0 Å². The first kappa shape index (κ1) is 15.2. The highest BCUT2D eigenvalue weighted by molar-refractivity contribution is 5.49. The lowest BCUT2D eigenvalue weighted by Crippen LogP contribution is -2.12. The van der Waals surface area contributed by atoms with Gasteiger partial charge in [0, 0.05) is 6.61 Å². The standard InChI is InChI=1S/C15H20N4O2/c1-2-5-12-14(19-16)17-10-18-15(12)21-13-7-4-3-6-11(13)8-9-20/h3-4,6-7,10,20H,2,5,8-9,16H2,1H3,(H,17,18,19). The maximum atomic E-state index is 9.12. The Morgan fingerprint density at radius 3 is 2.76 bits per heavy atom. The highest BCUT2D eigenvalue weighted by atomic mass is 16.5. The van der Waals surface area contributed by atoms with Gasteiger partial charge < -0.3 is 15.3 Å². The van der Waals surface area contributed by atoms with Crippen LogP contribution in [0, 0.1) is 0 Å². The molecule has 2 aromatic rings. The molecule has 0 aliphatic heterocycles. The summed E-state index contributed by atoms with van der Waals surface area (Å²) >= 11 is 0. The predicted molar refractivity (Wildman–Crippen MR) is 81.1 cm³/mol. The summed E-state index contributed by atoms with van der Waals surface area (Å²) < 4.78 is 5.93. The monoisotopic (exact) mass is 288 g/mol. The summed E-state index contributed by atoms with van der Waals surface area (Å²) in [6.45, 7) is 2.14. The molecule has 6 nitrogen and oxygen atoms in total. The van der Waals surface area contributed by atoms with Crippen LogP contribution in [0.3, 0.4) is 0 Å². The minimum atomic E-state index is 0.0710. The molecule has 2 rings (SSSR count). The molecular formula is C15H20N4O2. The molecule has 0 unspecified atom stereocenters. The normalized spacial score (nSPS) is 10.4. The van der Waals surface area contributed by atoms with E-state index in [2.05, 4.69) is 22.3 Å². The summed E-state index contributed by atoms with van der Waals surface area (Å²) in [4.78, 5) is 8.32. The number of hydrazine groups is 1. The second-order valence-corrected chi connectivity index (χ2v) is 4.58. The molecule has 0 radical (unpaired) electrons. The van der Waals surface area contributed by atoms with E-state index in [4.69, 9.17) is 15.7 Å². The third kappa shape index (κ3) is 3.68. The lowest BCUT2D eigenvalue weighted by molar-refractivity contribution is 0.297. The van der Waals surface area contributed by atoms with Gasteiger partial charge in [0.15, 0.2) is 0 Å². The molecule has 0 saturated carbocycles. The van der Waals surface area contributed by atoms with Gasteiger partial charge in [0.1, 0.15) is 17.9 Å². The minimum absolute atomic E-state index is 0.0710. The molecule has 6 heteroatoms. The van der Waals surface area contributed by atoms with Gasteiger partial charge in [0.2, 0.25) is 5.88 Å². The zero-order chi connectivity index (χ0) is 15.1. The summed E-state index contributed by atoms with van der Waals surface area (Å²) in [5.41, 5.74) is 4.36. The van der Waals surface area contributed by atoms with E-state index in [1.54, 1.807) is 0 Å². The number of anilines is 1. The minimum Gasteiger partial charge on any atom is -0.438 e. The van der Waals surface area contributed by atoms with E-state index in [0.717, 1.165) is 24.0 Å². The maximum Gasteiger partial charge on any atom is 0.227 e. The summed E-state index contributed by atoms with van der Waals surface area (Å²) in [5, 5.41) is 9.12. The van der Waals surface area contributed by atoms with Gasteiger partial charge in [0.25, 0.3) is 0 Å². The van der Waals surface area contributed by atoms with Gasteiger partial charge in [-0.2, -0.15) is 0 Å². The molecule has 1 heterocycles. The van der Waals surface area contributed by atoms with Crippen LogP contribution in [0.2, 0.25) is 0 Å². The number of rotatable bonds is 7. The smallest absolute Gasteiger partial charge is 0.227 e. The molecule has 21 heavy (non-hydrogen) atoms. The van der Waals surface area contributed by atoms with Crippen LogP contribution in [0.25, 0.3) is 0 Å². The fraction of sp³-hybridized carbons (Fsp3) is 0.333. The number of nitrogens with zero attached hydrogens (tertiary/aromatic N) is 2. The number of aliphatic hydroxyl groups is 1. The number of hydrogen-bond acceptors (Lipinski definition) is 6. The number of nitrogens with one attached hydrogen (secondary N) is 1. The van der Waals surface area contributed by atoms with Gasteiger partial charge >= 0.3 is 0 Å². The Kier molecular flexibility index (Phi) is 5.48. The molecule has 0 fully saturated rings. The van der Waals surface area contributed by atoms with Crippen LogP contribution in [0.1, 0.15) is 24.5 Å². The van der Waals surface area contributed by atoms with Crippen LogP contribution >= 0.6 is 0 Å². The first-order valence-electron chi connectivity index (χ1n) is 6.97. The lowest BCUT2D eigenvalue weighted by atomic mass is 10.1. The summed E-state index contributed by atoms with van der Waals surface area (Å²) in [6.07, 6.45) is 3.64. The molecule has 0 aliphatic carbocycles. The molecule has 0 bridgehead atoms. The third-order valence-corrected chi connectivity index (χ3v) is 3.10. The maximum absolute atomic E-state index is 9.12. The van der Waals surface area contributed by atoms with Gasteiger partial charge in [-0.25, -0.2) is 15.8 Å². The molecule has 1 aromatic heterocycles. The Morgan fingerprint density at radius 1 is 1.24 bits per heavy atom. The highest BCUT2D eigenvalue weighted by Crippen LogP contribution is 2.29. The van der Waals surface area contributed by atoms with E-state index >= 15 is 0 Å². The Bertz CT molecular complexity index is 590. The number of benzene rings is 1. The number of nitrogens with two attached hydrogens (primary N) is 1. The number of para-hydroxylation sites is 1. The van der Waals surface area contributed by atoms with Gasteiger partial charge in [-0.3, -0.25) is 0 Å². The zero-order valence-corrected chi connectivity index (χ0v) is 12.0. The van der Waals surface area contributed by atoms with Crippen LogP contribution in [0.4, 0.5) is 5.82 Å². The Morgan fingerprint density at radius 2 is 2.05 bits per heavy atom. The van der Waals surface area contributed by atoms with Crippen molar-refractivity contribution in [1.82, 2.24) is 9.97 Å². The Labute approximate surface area is 124 Å². The zero-order valence-electron chi connectivity index (χ0n) is 12.0. The second kappa shape index (κ2) is 7.56. The molecule has 1 aromatic carbocycles.